The highest BCUT2D eigenvalue weighted by Gasteiger charge is 2.25. The number of unbranched alkanes of at least 4 members (excludes halogenated alkanes) is 29. The zero-order valence-electron chi connectivity index (χ0n) is 37.6. The molecule has 2 unspecified atom stereocenters. The van der Waals surface area contributed by atoms with Gasteiger partial charge in [-0.15, -0.1) is 0 Å². The number of hydrogen-bond acceptors (Lipinski definition) is 7. The minimum absolute atomic E-state index is 0.174. The third kappa shape index (κ3) is 40.5. The third-order valence-corrected chi connectivity index (χ3v) is 10.6. The van der Waals surface area contributed by atoms with Crippen LogP contribution in [0, 0.1) is 0 Å². The lowest BCUT2D eigenvalue weighted by atomic mass is 10.0. The Labute approximate surface area is 345 Å². The fraction of sp³-hybridized carbons (Fsp3) is 0.936. The summed E-state index contributed by atoms with van der Waals surface area (Å²) in [5.74, 6) is -1.99. The van der Waals surface area contributed by atoms with Crippen LogP contribution in [0.3, 0.4) is 0 Å². The van der Waals surface area contributed by atoms with Gasteiger partial charge in [0.15, 0.2) is 6.10 Å². The first-order chi connectivity index (χ1) is 27.1. The Morgan fingerprint density at radius 2 is 0.804 bits per heavy atom. The van der Waals surface area contributed by atoms with Crippen molar-refractivity contribution in [1.82, 2.24) is 0 Å². The molecule has 0 rings (SSSR count). The Hall–Kier alpha value is -1.71. The number of rotatable bonds is 44. The molecule has 0 aromatic heterocycles. The summed E-state index contributed by atoms with van der Waals surface area (Å²) in [5, 5.41) is 9.62. The molecule has 0 spiro atoms. The van der Waals surface area contributed by atoms with E-state index in [-0.39, 0.29) is 38.2 Å². The highest BCUT2D eigenvalue weighted by atomic mass is 16.7. The first-order valence-electron chi connectivity index (χ1n) is 23.7. The van der Waals surface area contributed by atoms with Crippen molar-refractivity contribution in [3.63, 3.8) is 0 Å². The van der Waals surface area contributed by atoms with Gasteiger partial charge in [-0.2, -0.15) is 0 Å². The number of ether oxygens (including phenoxy) is 4. The second kappa shape index (κ2) is 40.1. The fourth-order valence-corrected chi connectivity index (χ4v) is 6.90. The number of carbonyl (C=O) groups excluding carboxylic acids is 2. The number of esters is 2. The topological polar surface area (TPSA) is 108 Å². The molecule has 0 aliphatic carbocycles. The van der Waals surface area contributed by atoms with E-state index in [0.29, 0.717) is 17.4 Å². The number of carbonyl (C=O) groups is 3. The maximum Gasteiger partial charge on any atom is 0.361 e. The Balaban J connectivity index is 4.22. The third-order valence-electron chi connectivity index (χ3n) is 10.6. The first kappa shape index (κ1) is 54.3. The summed E-state index contributed by atoms with van der Waals surface area (Å²) < 4.78 is 22.7. The number of nitrogens with zero attached hydrogens (tertiary/aromatic N) is 1. The van der Waals surface area contributed by atoms with Crippen LogP contribution in [0.1, 0.15) is 226 Å². The molecule has 9 heteroatoms. The van der Waals surface area contributed by atoms with Crippen LogP contribution >= 0.6 is 0 Å². The summed E-state index contributed by atoms with van der Waals surface area (Å²) in [4.78, 5) is 37.0. The lowest BCUT2D eigenvalue weighted by Crippen LogP contribution is -2.40. The summed E-state index contributed by atoms with van der Waals surface area (Å²) in [7, 11) is 5.96. The van der Waals surface area contributed by atoms with Crippen LogP contribution in [0.2, 0.25) is 0 Å². The molecule has 0 aliphatic heterocycles. The Kier molecular flexibility index (Phi) is 38.9. The van der Waals surface area contributed by atoms with E-state index in [1.54, 1.807) is 0 Å². The molecule has 56 heavy (non-hydrogen) atoms. The van der Waals surface area contributed by atoms with Crippen LogP contribution in [0.5, 0.6) is 0 Å². The van der Waals surface area contributed by atoms with Gasteiger partial charge < -0.3 is 28.5 Å². The molecule has 1 N–H and O–H groups in total. The fourth-order valence-electron chi connectivity index (χ4n) is 6.90. The summed E-state index contributed by atoms with van der Waals surface area (Å²) in [5.41, 5.74) is 0. The average Bonchev–Trinajstić information content (AvgIpc) is 3.15. The minimum atomic E-state index is -1.50. The van der Waals surface area contributed by atoms with Gasteiger partial charge in [0, 0.05) is 12.8 Å². The van der Waals surface area contributed by atoms with Crippen molar-refractivity contribution in [2.75, 3.05) is 47.5 Å². The molecule has 0 aromatic carbocycles. The molecule has 0 fully saturated rings. The number of carboxylic acids is 1. The van der Waals surface area contributed by atoms with Crippen LogP contribution in [-0.2, 0) is 33.3 Å². The van der Waals surface area contributed by atoms with Crippen LogP contribution in [0.4, 0.5) is 0 Å². The van der Waals surface area contributed by atoms with Crippen molar-refractivity contribution >= 4 is 17.9 Å². The number of hydrogen-bond donors (Lipinski definition) is 1. The van der Waals surface area contributed by atoms with Gasteiger partial charge in [-0.05, 0) is 12.8 Å². The molecule has 0 amide bonds. The SMILES string of the molecule is CCCCCCCCCCCCCCCCCCCCCCCCC(=O)OC(COC(=O)CCCCCCCCCCC)COC(OCC[N+](C)(C)C)C(=O)O. The number of quaternary nitrogens is 1. The molecule has 0 saturated carbocycles. The summed E-state index contributed by atoms with van der Waals surface area (Å²) in [6, 6.07) is 0. The van der Waals surface area contributed by atoms with E-state index < -0.39 is 18.4 Å². The number of likely N-dealkylation sites (N-methyl/N-ethyl adjacent to an activating group) is 1. The Bertz CT molecular complexity index is 892. The van der Waals surface area contributed by atoms with Gasteiger partial charge >= 0.3 is 17.9 Å². The van der Waals surface area contributed by atoms with E-state index in [0.717, 1.165) is 38.5 Å². The standard InChI is InChI=1S/C47H91NO8/c1-6-8-10-12-14-16-17-18-19-20-21-22-23-24-25-26-27-28-30-32-34-36-38-45(50)56-43(42-55-47(46(51)52)53-40-39-48(3,4)5)41-54-44(49)37-35-33-31-29-15-13-11-9-7-2/h43,47H,6-42H2,1-5H3/p+1. The van der Waals surface area contributed by atoms with Crippen LogP contribution in [0.15, 0.2) is 0 Å². The van der Waals surface area contributed by atoms with Gasteiger partial charge in [-0.1, -0.05) is 200 Å². The van der Waals surface area contributed by atoms with Gasteiger partial charge in [0.1, 0.15) is 13.2 Å². The Morgan fingerprint density at radius 1 is 0.464 bits per heavy atom. The zero-order chi connectivity index (χ0) is 41.4. The van der Waals surface area contributed by atoms with Crippen molar-refractivity contribution in [2.45, 2.75) is 238 Å². The van der Waals surface area contributed by atoms with Crippen molar-refractivity contribution in [2.24, 2.45) is 0 Å². The van der Waals surface area contributed by atoms with Crippen LogP contribution < -0.4 is 0 Å². The Morgan fingerprint density at radius 3 is 1.14 bits per heavy atom. The molecular formula is C47H92NO8+. The van der Waals surface area contributed by atoms with E-state index in [4.69, 9.17) is 18.9 Å². The average molecular weight is 799 g/mol. The lowest BCUT2D eigenvalue weighted by molar-refractivity contribution is -0.870. The zero-order valence-corrected chi connectivity index (χ0v) is 37.6. The lowest BCUT2D eigenvalue weighted by Gasteiger charge is -2.25. The van der Waals surface area contributed by atoms with Crippen molar-refractivity contribution in [3.8, 4) is 0 Å². The predicted molar refractivity (Wildman–Crippen MR) is 231 cm³/mol. The number of carboxylic acid groups (broad SMARTS) is 1. The monoisotopic (exact) mass is 799 g/mol. The molecule has 0 bridgehead atoms. The second-order valence-electron chi connectivity index (χ2n) is 17.4. The molecule has 9 nitrogen and oxygen atoms in total. The van der Waals surface area contributed by atoms with E-state index in [9.17, 15) is 19.5 Å². The molecule has 0 aliphatic rings. The maximum atomic E-state index is 12.8. The van der Waals surface area contributed by atoms with Gasteiger partial charge in [0.2, 0.25) is 0 Å². The van der Waals surface area contributed by atoms with Gasteiger partial charge in [0.25, 0.3) is 6.29 Å². The van der Waals surface area contributed by atoms with Gasteiger partial charge in [0.05, 0.1) is 34.4 Å². The summed E-state index contributed by atoms with van der Waals surface area (Å²) in [6.07, 6.45) is 37.5. The predicted octanol–water partition coefficient (Wildman–Crippen LogP) is 12.5. The highest BCUT2D eigenvalue weighted by molar-refractivity contribution is 5.71. The largest absolute Gasteiger partial charge is 0.477 e. The van der Waals surface area contributed by atoms with Crippen molar-refractivity contribution < 1.29 is 42.9 Å². The number of aliphatic carboxylic acids is 1. The first-order valence-corrected chi connectivity index (χ1v) is 23.7. The molecule has 2 atom stereocenters. The molecule has 0 aromatic rings. The van der Waals surface area contributed by atoms with Crippen LogP contribution in [0.25, 0.3) is 0 Å². The van der Waals surface area contributed by atoms with Crippen molar-refractivity contribution in [1.29, 1.82) is 0 Å². The minimum Gasteiger partial charge on any atom is -0.477 e. The van der Waals surface area contributed by atoms with E-state index >= 15 is 0 Å². The van der Waals surface area contributed by atoms with Crippen LogP contribution in [-0.4, -0.2) is 87.4 Å². The van der Waals surface area contributed by atoms with Gasteiger partial charge in [-0.3, -0.25) is 9.59 Å². The smallest absolute Gasteiger partial charge is 0.361 e. The van der Waals surface area contributed by atoms with Gasteiger partial charge in [-0.25, -0.2) is 4.79 Å². The molecule has 332 valence electrons. The molecular weight excluding hydrogens is 707 g/mol. The molecule has 0 saturated heterocycles. The quantitative estimate of drug-likeness (QED) is 0.0281. The van der Waals surface area contributed by atoms with E-state index in [1.165, 1.54) is 161 Å². The molecule has 0 radical (unpaired) electrons. The second-order valence-corrected chi connectivity index (χ2v) is 17.4. The summed E-state index contributed by atoms with van der Waals surface area (Å²) >= 11 is 0. The normalized spacial score (nSPS) is 12.8. The van der Waals surface area contributed by atoms with E-state index in [2.05, 4.69) is 13.8 Å². The maximum absolute atomic E-state index is 12.8. The van der Waals surface area contributed by atoms with Crippen molar-refractivity contribution in [3.05, 3.63) is 0 Å². The van der Waals surface area contributed by atoms with E-state index in [1.807, 2.05) is 21.1 Å². The summed E-state index contributed by atoms with van der Waals surface area (Å²) in [6.45, 7) is 4.88. The molecule has 0 heterocycles. The highest BCUT2D eigenvalue weighted by Crippen LogP contribution is 2.16.